The van der Waals surface area contributed by atoms with Crippen molar-refractivity contribution in [2.75, 3.05) is 36.8 Å². The number of allylic oxidation sites excluding steroid dienone is 3. The van der Waals surface area contributed by atoms with Gasteiger partial charge in [0.15, 0.2) is 11.6 Å². The van der Waals surface area contributed by atoms with Gasteiger partial charge in [-0.3, -0.25) is 9.59 Å². The number of nitrogens with one attached hydrogen (secondary N) is 3. The van der Waals surface area contributed by atoms with Gasteiger partial charge >= 0.3 is 0 Å². The smallest absolute Gasteiger partial charge is 0.257 e. The molecule has 0 saturated carbocycles. The summed E-state index contributed by atoms with van der Waals surface area (Å²) in [6.07, 6.45) is 5.81. The van der Waals surface area contributed by atoms with Gasteiger partial charge in [-0.05, 0) is 69.6 Å². The van der Waals surface area contributed by atoms with E-state index in [1.165, 1.54) is 18.5 Å². The van der Waals surface area contributed by atoms with Crippen LogP contribution in [0.5, 0.6) is 5.75 Å². The fourth-order valence-corrected chi connectivity index (χ4v) is 4.21. The van der Waals surface area contributed by atoms with Gasteiger partial charge in [-0.1, -0.05) is 19.9 Å². The number of likely N-dealkylation sites (N-methyl/N-ethyl adjacent to an activating group) is 1. The third-order valence-electron chi connectivity index (χ3n) is 6.39. The first kappa shape index (κ1) is 28.5. The molecular formula is C28H35FN6O3. The van der Waals surface area contributed by atoms with Crippen molar-refractivity contribution in [2.45, 2.75) is 41.0 Å². The number of benzene rings is 1. The van der Waals surface area contributed by atoms with E-state index < -0.39 is 11.6 Å². The number of aromatic hydroxyl groups is 1. The number of aromatic nitrogens is 2. The Morgan fingerprint density at radius 3 is 2.63 bits per heavy atom. The second-order valence-electron chi connectivity index (χ2n) is 8.95. The van der Waals surface area contributed by atoms with Gasteiger partial charge in [-0.2, -0.15) is 0 Å². The Kier molecular flexibility index (Phi) is 9.72. The topological polar surface area (TPSA) is 119 Å². The molecule has 202 valence electrons. The summed E-state index contributed by atoms with van der Waals surface area (Å²) in [6, 6.07) is 3.81. The lowest BCUT2D eigenvalue weighted by atomic mass is 9.98. The van der Waals surface area contributed by atoms with E-state index in [1.807, 2.05) is 13.8 Å². The zero-order chi connectivity index (χ0) is 27.8. The van der Waals surface area contributed by atoms with Crippen LogP contribution in [-0.4, -0.2) is 58.0 Å². The number of fused-ring (bicyclic) bond motifs is 1. The summed E-state index contributed by atoms with van der Waals surface area (Å²) in [7, 11) is 0. The SMILES string of the molecule is C/C=C(C(=O)NCCN(CC)CCC)/C(C)=C(C)/C=C1\C(=O)Nc2ncnc(Nc3ccc(F)c(O)c3)c21. The van der Waals surface area contributed by atoms with Crippen molar-refractivity contribution in [2.24, 2.45) is 0 Å². The molecule has 1 aromatic heterocycles. The molecule has 0 fully saturated rings. The van der Waals surface area contributed by atoms with Gasteiger partial charge in [0.1, 0.15) is 18.0 Å². The van der Waals surface area contributed by atoms with E-state index in [2.05, 4.69) is 44.7 Å². The number of anilines is 3. The number of rotatable bonds is 11. The monoisotopic (exact) mass is 522 g/mol. The average Bonchev–Trinajstić information content (AvgIpc) is 3.21. The first-order chi connectivity index (χ1) is 18.2. The minimum Gasteiger partial charge on any atom is -0.505 e. The lowest BCUT2D eigenvalue weighted by molar-refractivity contribution is -0.117. The van der Waals surface area contributed by atoms with Crippen LogP contribution in [0.2, 0.25) is 0 Å². The minimum atomic E-state index is -0.746. The Labute approximate surface area is 222 Å². The zero-order valence-corrected chi connectivity index (χ0v) is 22.5. The number of carbonyl (C=O) groups is 2. The quantitative estimate of drug-likeness (QED) is 0.253. The highest BCUT2D eigenvalue weighted by Gasteiger charge is 2.29. The van der Waals surface area contributed by atoms with Crippen LogP contribution in [0.3, 0.4) is 0 Å². The Bertz CT molecular complexity index is 1300. The summed E-state index contributed by atoms with van der Waals surface area (Å²) in [5, 5.41) is 18.5. The van der Waals surface area contributed by atoms with Gasteiger partial charge in [0.25, 0.3) is 11.8 Å². The first-order valence-corrected chi connectivity index (χ1v) is 12.7. The molecule has 0 atom stereocenters. The number of hydrogen-bond donors (Lipinski definition) is 4. The van der Waals surface area contributed by atoms with Crippen LogP contribution in [0.15, 0.2) is 53.4 Å². The van der Waals surface area contributed by atoms with E-state index >= 15 is 0 Å². The summed E-state index contributed by atoms with van der Waals surface area (Å²) in [5.41, 5.74) is 3.13. The fourth-order valence-electron chi connectivity index (χ4n) is 4.21. The minimum absolute atomic E-state index is 0.173. The van der Waals surface area contributed by atoms with Gasteiger partial charge in [-0.25, -0.2) is 14.4 Å². The maximum absolute atomic E-state index is 13.5. The Morgan fingerprint density at radius 1 is 1.21 bits per heavy atom. The van der Waals surface area contributed by atoms with Gasteiger partial charge in [0.2, 0.25) is 0 Å². The number of nitrogens with zero attached hydrogens (tertiary/aromatic N) is 3. The van der Waals surface area contributed by atoms with Crippen molar-refractivity contribution in [1.82, 2.24) is 20.2 Å². The molecule has 0 spiro atoms. The molecule has 9 nitrogen and oxygen atoms in total. The molecule has 0 radical (unpaired) electrons. The summed E-state index contributed by atoms with van der Waals surface area (Å²) in [6.45, 7) is 12.9. The van der Waals surface area contributed by atoms with E-state index in [9.17, 15) is 19.1 Å². The number of halogens is 1. The van der Waals surface area contributed by atoms with Gasteiger partial charge < -0.3 is 26.0 Å². The van der Waals surface area contributed by atoms with Crippen molar-refractivity contribution < 1.29 is 19.1 Å². The van der Waals surface area contributed by atoms with Gasteiger partial charge in [-0.15, -0.1) is 0 Å². The third kappa shape index (κ3) is 6.63. The number of amides is 2. The highest BCUT2D eigenvalue weighted by Crippen LogP contribution is 2.37. The van der Waals surface area contributed by atoms with Gasteiger partial charge in [0.05, 0.1) is 11.1 Å². The predicted octanol–water partition coefficient (Wildman–Crippen LogP) is 4.53. The summed E-state index contributed by atoms with van der Waals surface area (Å²) in [5.74, 6) is -1.15. The second-order valence-corrected chi connectivity index (χ2v) is 8.95. The highest BCUT2D eigenvalue weighted by molar-refractivity contribution is 6.32. The molecule has 0 aliphatic carbocycles. The van der Waals surface area contributed by atoms with Crippen LogP contribution in [0.4, 0.5) is 21.7 Å². The van der Waals surface area contributed by atoms with E-state index in [0.717, 1.165) is 43.3 Å². The van der Waals surface area contributed by atoms with E-state index in [4.69, 9.17) is 0 Å². The molecule has 0 bridgehead atoms. The van der Waals surface area contributed by atoms with Gasteiger partial charge in [0, 0.05) is 30.4 Å². The predicted molar refractivity (Wildman–Crippen MR) is 148 cm³/mol. The molecule has 1 aliphatic heterocycles. The summed E-state index contributed by atoms with van der Waals surface area (Å²) >= 11 is 0. The van der Waals surface area contributed by atoms with Crippen LogP contribution in [0.1, 0.15) is 46.6 Å². The maximum atomic E-state index is 13.5. The Morgan fingerprint density at radius 2 is 1.97 bits per heavy atom. The van der Waals surface area contributed by atoms with Crippen molar-refractivity contribution in [1.29, 1.82) is 0 Å². The normalized spacial score (nSPS) is 14.9. The lowest BCUT2D eigenvalue weighted by Crippen LogP contribution is -2.36. The average molecular weight is 523 g/mol. The molecular weight excluding hydrogens is 487 g/mol. The Hall–Kier alpha value is -4.05. The van der Waals surface area contributed by atoms with E-state index in [0.29, 0.717) is 40.6 Å². The van der Waals surface area contributed by atoms with Crippen LogP contribution in [0, 0.1) is 5.82 Å². The molecule has 3 rings (SSSR count). The summed E-state index contributed by atoms with van der Waals surface area (Å²) < 4.78 is 13.5. The molecule has 10 heteroatoms. The van der Waals surface area contributed by atoms with Crippen molar-refractivity contribution >= 4 is 34.7 Å². The molecule has 2 heterocycles. The van der Waals surface area contributed by atoms with Crippen molar-refractivity contribution in [3.8, 4) is 5.75 Å². The van der Waals surface area contributed by atoms with E-state index in [-0.39, 0.29) is 11.8 Å². The molecule has 1 aliphatic rings. The molecule has 2 aromatic rings. The third-order valence-corrected chi connectivity index (χ3v) is 6.39. The largest absolute Gasteiger partial charge is 0.505 e. The standard InChI is InChI=1S/C28H35FN6O3/c1-6-12-35(8-3)13-11-30-27(37)20(7-2)18(5)17(4)14-21-24-25(31-16-32-26(24)34-28(21)38)33-19-9-10-22(29)23(36)15-19/h7,9-10,14-16,36H,6,8,11-13H2,1-5H3,(H,30,37)(H2,31,32,33,34,38)/b18-17+,20-7-,21-14-. The van der Waals surface area contributed by atoms with Crippen LogP contribution in [0.25, 0.3) is 5.57 Å². The number of hydrogen-bond acceptors (Lipinski definition) is 7. The van der Waals surface area contributed by atoms with Crippen molar-refractivity contribution in [3.05, 3.63) is 64.8 Å². The molecule has 38 heavy (non-hydrogen) atoms. The maximum Gasteiger partial charge on any atom is 0.257 e. The molecule has 2 amide bonds. The Balaban J connectivity index is 1.86. The molecule has 0 saturated heterocycles. The molecule has 0 unspecified atom stereocenters. The molecule has 1 aromatic carbocycles. The number of carbonyl (C=O) groups excluding carboxylic acids is 2. The second kappa shape index (κ2) is 13.0. The fraction of sp³-hybridized carbons (Fsp3) is 0.357. The van der Waals surface area contributed by atoms with Crippen LogP contribution in [-0.2, 0) is 9.59 Å². The van der Waals surface area contributed by atoms with Crippen molar-refractivity contribution in [3.63, 3.8) is 0 Å². The lowest BCUT2D eigenvalue weighted by Gasteiger charge is -2.20. The summed E-state index contributed by atoms with van der Waals surface area (Å²) in [4.78, 5) is 36.5. The van der Waals surface area contributed by atoms with Crippen LogP contribution >= 0.6 is 0 Å². The highest BCUT2D eigenvalue weighted by atomic mass is 19.1. The zero-order valence-electron chi connectivity index (χ0n) is 22.5. The number of phenols is 1. The molecule has 4 N–H and O–H groups in total. The van der Waals surface area contributed by atoms with Crippen LogP contribution < -0.4 is 16.0 Å². The number of phenolic OH excluding ortho intramolecular Hbond substituents is 1. The van der Waals surface area contributed by atoms with E-state index in [1.54, 1.807) is 19.1 Å². The first-order valence-electron chi connectivity index (χ1n) is 12.7.